The van der Waals surface area contributed by atoms with Crippen molar-refractivity contribution in [3.05, 3.63) is 0 Å². The second-order valence-corrected chi connectivity index (χ2v) is 5.14. The Bertz CT molecular complexity index is 181. The average Bonchev–Trinajstić information content (AvgIpc) is 3.00. The summed E-state index contributed by atoms with van der Waals surface area (Å²) < 4.78 is 0. The van der Waals surface area contributed by atoms with Crippen LogP contribution >= 0.6 is 0 Å². The molecule has 1 saturated carbocycles. The lowest BCUT2D eigenvalue weighted by Gasteiger charge is -2.37. The highest BCUT2D eigenvalue weighted by molar-refractivity contribution is 4.87. The van der Waals surface area contributed by atoms with Crippen LogP contribution in [0.15, 0.2) is 0 Å². The third-order valence-corrected chi connectivity index (χ3v) is 3.95. The maximum absolute atomic E-state index is 10.3. The molecule has 2 heteroatoms. The average molecular weight is 197 g/mol. The largest absolute Gasteiger partial charge is 0.390 e. The molecule has 2 rings (SSSR count). The minimum atomic E-state index is -0.311. The molecular formula is C12H23NO. The summed E-state index contributed by atoms with van der Waals surface area (Å²) in [5, 5.41) is 10.3. The fraction of sp³-hybridized carbons (Fsp3) is 1.00. The molecular weight excluding hydrogens is 174 g/mol. The van der Waals surface area contributed by atoms with Crippen molar-refractivity contribution in [2.24, 2.45) is 5.92 Å². The Kier molecular flexibility index (Phi) is 3.13. The van der Waals surface area contributed by atoms with Crippen molar-refractivity contribution in [1.29, 1.82) is 0 Å². The first-order valence-electron chi connectivity index (χ1n) is 6.16. The summed E-state index contributed by atoms with van der Waals surface area (Å²) in [6.07, 6.45) is 7.13. The third-order valence-electron chi connectivity index (χ3n) is 3.95. The molecule has 0 aromatic carbocycles. The van der Waals surface area contributed by atoms with E-state index >= 15 is 0 Å². The molecule has 0 bridgehead atoms. The number of rotatable bonds is 4. The topological polar surface area (TPSA) is 23.5 Å². The lowest BCUT2D eigenvalue weighted by molar-refractivity contribution is -0.0287. The molecule has 1 aliphatic heterocycles. The molecule has 0 aromatic rings. The Morgan fingerprint density at radius 3 is 2.43 bits per heavy atom. The van der Waals surface area contributed by atoms with Crippen LogP contribution in [-0.4, -0.2) is 35.2 Å². The molecule has 14 heavy (non-hydrogen) atoms. The Labute approximate surface area is 87.3 Å². The molecule has 2 fully saturated rings. The van der Waals surface area contributed by atoms with Gasteiger partial charge in [-0.25, -0.2) is 0 Å². The molecule has 1 heterocycles. The van der Waals surface area contributed by atoms with E-state index in [1.54, 1.807) is 0 Å². The molecule has 0 aromatic heterocycles. The summed E-state index contributed by atoms with van der Waals surface area (Å²) in [7, 11) is 0. The summed E-state index contributed by atoms with van der Waals surface area (Å²) in [6.45, 7) is 5.53. The smallest absolute Gasteiger partial charge is 0.0672 e. The lowest BCUT2D eigenvalue weighted by Crippen LogP contribution is -2.44. The van der Waals surface area contributed by atoms with Gasteiger partial charge in [0.05, 0.1) is 5.60 Å². The normalized spacial score (nSPS) is 27.9. The summed E-state index contributed by atoms with van der Waals surface area (Å²) in [5.41, 5.74) is -0.311. The first kappa shape index (κ1) is 10.4. The van der Waals surface area contributed by atoms with Crippen LogP contribution in [0.4, 0.5) is 0 Å². The lowest BCUT2D eigenvalue weighted by atomic mass is 9.86. The van der Waals surface area contributed by atoms with E-state index in [1.165, 1.54) is 19.3 Å². The molecule has 1 saturated heterocycles. The summed E-state index contributed by atoms with van der Waals surface area (Å²) in [5.74, 6) is 0.961. The summed E-state index contributed by atoms with van der Waals surface area (Å²) in [6, 6.07) is 0. The second kappa shape index (κ2) is 4.19. The van der Waals surface area contributed by atoms with Crippen LogP contribution in [0.1, 0.15) is 45.4 Å². The predicted molar refractivity (Wildman–Crippen MR) is 58.3 cm³/mol. The zero-order valence-electron chi connectivity index (χ0n) is 9.34. The van der Waals surface area contributed by atoms with E-state index in [0.717, 1.165) is 44.8 Å². The Hall–Kier alpha value is -0.0800. The quantitative estimate of drug-likeness (QED) is 0.745. The minimum absolute atomic E-state index is 0.311. The van der Waals surface area contributed by atoms with Crippen LogP contribution < -0.4 is 0 Å². The second-order valence-electron chi connectivity index (χ2n) is 5.14. The molecule has 2 aliphatic rings. The van der Waals surface area contributed by atoms with Crippen molar-refractivity contribution in [3.8, 4) is 0 Å². The first-order chi connectivity index (χ1) is 6.72. The van der Waals surface area contributed by atoms with E-state index in [9.17, 15) is 5.11 Å². The fourth-order valence-corrected chi connectivity index (χ4v) is 2.41. The van der Waals surface area contributed by atoms with Gasteiger partial charge in [0.1, 0.15) is 0 Å². The first-order valence-corrected chi connectivity index (χ1v) is 6.16. The van der Waals surface area contributed by atoms with Crippen LogP contribution in [0.2, 0.25) is 0 Å². The molecule has 0 amide bonds. The van der Waals surface area contributed by atoms with Crippen LogP contribution in [0.3, 0.4) is 0 Å². The van der Waals surface area contributed by atoms with E-state index in [0.29, 0.717) is 0 Å². The Balaban J connectivity index is 1.72. The molecule has 1 N–H and O–H groups in total. The van der Waals surface area contributed by atoms with Gasteiger partial charge in [0.2, 0.25) is 0 Å². The third kappa shape index (κ3) is 2.71. The van der Waals surface area contributed by atoms with Crippen molar-refractivity contribution in [1.82, 2.24) is 4.90 Å². The summed E-state index contributed by atoms with van der Waals surface area (Å²) in [4.78, 5) is 2.44. The van der Waals surface area contributed by atoms with Crippen molar-refractivity contribution in [3.63, 3.8) is 0 Å². The molecule has 1 aliphatic carbocycles. The number of nitrogens with zero attached hydrogens (tertiary/aromatic N) is 1. The van der Waals surface area contributed by atoms with Crippen molar-refractivity contribution < 1.29 is 5.11 Å². The highest BCUT2D eigenvalue weighted by atomic mass is 16.3. The van der Waals surface area contributed by atoms with Gasteiger partial charge in [-0.2, -0.15) is 0 Å². The summed E-state index contributed by atoms with van der Waals surface area (Å²) >= 11 is 0. The maximum atomic E-state index is 10.3. The van der Waals surface area contributed by atoms with E-state index in [-0.39, 0.29) is 5.60 Å². The highest BCUT2D eigenvalue weighted by Crippen LogP contribution is 2.37. The molecule has 0 unspecified atom stereocenters. The van der Waals surface area contributed by atoms with Crippen molar-refractivity contribution >= 4 is 0 Å². The van der Waals surface area contributed by atoms with Gasteiger partial charge in [0.25, 0.3) is 0 Å². The number of hydrogen-bond donors (Lipinski definition) is 1. The van der Waals surface area contributed by atoms with Crippen molar-refractivity contribution in [2.75, 3.05) is 19.6 Å². The molecule has 82 valence electrons. The number of aliphatic hydroxyl groups is 1. The van der Waals surface area contributed by atoms with Gasteiger partial charge in [0, 0.05) is 13.1 Å². The van der Waals surface area contributed by atoms with Gasteiger partial charge in [-0.3, -0.25) is 0 Å². The highest BCUT2D eigenvalue weighted by Gasteiger charge is 2.33. The number of piperidine rings is 1. The Morgan fingerprint density at radius 1 is 1.29 bits per heavy atom. The maximum Gasteiger partial charge on any atom is 0.0672 e. The standard InChI is InChI=1S/C12H23NO/c1-2-13-9-7-12(14,8-10-13)6-5-11-3-4-11/h11,14H,2-10H2,1H3. The van der Waals surface area contributed by atoms with Crippen LogP contribution in [0.5, 0.6) is 0 Å². The van der Waals surface area contributed by atoms with Crippen LogP contribution in [0.25, 0.3) is 0 Å². The van der Waals surface area contributed by atoms with E-state index < -0.39 is 0 Å². The van der Waals surface area contributed by atoms with E-state index in [4.69, 9.17) is 0 Å². The molecule has 0 atom stereocenters. The molecule has 0 radical (unpaired) electrons. The van der Waals surface area contributed by atoms with E-state index in [1.807, 2.05) is 0 Å². The fourth-order valence-electron chi connectivity index (χ4n) is 2.41. The van der Waals surface area contributed by atoms with Crippen LogP contribution in [0, 0.1) is 5.92 Å². The SMILES string of the molecule is CCN1CCC(O)(CCC2CC2)CC1. The number of likely N-dealkylation sites (tertiary alicyclic amines) is 1. The molecule has 0 spiro atoms. The van der Waals surface area contributed by atoms with Crippen LogP contribution in [-0.2, 0) is 0 Å². The predicted octanol–water partition coefficient (Wildman–Crippen LogP) is 2.02. The Morgan fingerprint density at radius 2 is 1.93 bits per heavy atom. The monoisotopic (exact) mass is 197 g/mol. The van der Waals surface area contributed by atoms with Crippen molar-refractivity contribution in [2.45, 2.75) is 51.0 Å². The van der Waals surface area contributed by atoms with Gasteiger partial charge in [-0.1, -0.05) is 19.8 Å². The van der Waals surface area contributed by atoms with E-state index in [2.05, 4.69) is 11.8 Å². The minimum Gasteiger partial charge on any atom is -0.390 e. The van der Waals surface area contributed by atoms with Gasteiger partial charge < -0.3 is 10.0 Å². The van der Waals surface area contributed by atoms with Gasteiger partial charge >= 0.3 is 0 Å². The zero-order chi connectivity index (χ0) is 10.0. The molecule has 2 nitrogen and oxygen atoms in total. The van der Waals surface area contributed by atoms with Gasteiger partial charge in [-0.15, -0.1) is 0 Å². The zero-order valence-corrected chi connectivity index (χ0v) is 9.34. The van der Waals surface area contributed by atoms with Gasteiger partial charge in [-0.05, 0) is 38.1 Å². The van der Waals surface area contributed by atoms with Gasteiger partial charge in [0.15, 0.2) is 0 Å². The number of hydrogen-bond acceptors (Lipinski definition) is 2.